The minimum atomic E-state index is -1.15. The molecular weight excluding hydrogens is 322 g/mol. The van der Waals surface area contributed by atoms with Crippen LogP contribution in [-0.2, 0) is 15.1 Å². The molecule has 1 unspecified atom stereocenters. The molecule has 0 aliphatic carbocycles. The first-order chi connectivity index (χ1) is 12.0. The number of guanidine groups is 1. The van der Waals surface area contributed by atoms with Crippen LogP contribution in [0.5, 0.6) is 11.5 Å². The largest absolute Gasteiger partial charge is 0.497 e. The summed E-state index contributed by atoms with van der Waals surface area (Å²) in [7, 11) is 3.26. The topological polar surface area (TPSA) is 86.4 Å². The number of benzene rings is 1. The highest BCUT2D eigenvalue weighted by Gasteiger charge is 2.68. The summed E-state index contributed by atoms with van der Waals surface area (Å²) in [5.74, 6) is 1.40. The Balaban J connectivity index is 2.04. The fraction of sp³-hybridized carbons (Fsp3) is 0.556. The van der Waals surface area contributed by atoms with E-state index in [9.17, 15) is 4.79 Å². The quantitative estimate of drug-likeness (QED) is 0.872. The Morgan fingerprint density at radius 2 is 2.28 bits per heavy atom. The minimum Gasteiger partial charge on any atom is -0.497 e. The number of amides is 1. The van der Waals surface area contributed by atoms with Gasteiger partial charge in [-0.1, -0.05) is 6.92 Å². The zero-order valence-electron chi connectivity index (χ0n) is 14.7. The molecule has 1 amide bonds. The maximum absolute atomic E-state index is 13.5. The molecule has 7 heteroatoms. The number of rotatable bonds is 2. The van der Waals surface area contributed by atoms with E-state index in [1.807, 2.05) is 18.2 Å². The molecule has 25 heavy (non-hydrogen) atoms. The molecule has 4 rings (SSSR count). The first-order valence-electron chi connectivity index (χ1n) is 8.56. The predicted molar refractivity (Wildman–Crippen MR) is 91.6 cm³/mol. The molecule has 3 aliphatic heterocycles. The van der Waals surface area contributed by atoms with E-state index in [2.05, 4.69) is 6.92 Å². The van der Waals surface area contributed by atoms with Gasteiger partial charge in [0.15, 0.2) is 11.5 Å². The molecule has 1 spiro atoms. The third kappa shape index (κ3) is 1.84. The van der Waals surface area contributed by atoms with E-state index in [1.54, 1.807) is 14.2 Å². The molecule has 0 radical (unpaired) electrons. The van der Waals surface area contributed by atoms with Crippen molar-refractivity contribution < 1.29 is 19.0 Å². The van der Waals surface area contributed by atoms with E-state index in [4.69, 9.17) is 24.9 Å². The summed E-state index contributed by atoms with van der Waals surface area (Å²) in [6.45, 7) is 3.06. The fourth-order valence-corrected chi connectivity index (χ4v) is 4.49. The number of hydrogen-bond donors (Lipinski definition) is 1. The summed E-state index contributed by atoms with van der Waals surface area (Å²) in [5, 5.41) is 0. The Bertz CT molecular complexity index is 765. The second kappa shape index (κ2) is 5.36. The third-order valence-electron chi connectivity index (χ3n) is 5.94. The highest BCUT2D eigenvalue weighted by Crippen LogP contribution is 2.59. The van der Waals surface area contributed by atoms with E-state index >= 15 is 0 Å². The summed E-state index contributed by atoms with van der Waals surface area (Å²) >= 11 is 0. The van der Waals surface area contributed by atoms with Crippen molar-refractivity contribution in [2.24, 2.45) is 16.1 Å². The highest BCUT2D eigenvalue weighted by molar-refractivity contribution is 6.08. The average molecular weight is 345 g/mol. The van der Waals surface area contributed by atoms with Gasteiger partial charge in [0.1, 0.15) is 17.6 Å². The van der Waals surface area contributed by atoms with Crippen molar-refractivity contribution in [3.05, 3.63) is 23.8 Å². The van der Waals surface area contributed by atoms with Gasteiger partial charge in [0.05, 0.1) is 25.7 Å². The molecule has 1 fully saturated rings. The fourth-order valence-electron chi connectivity index (χ4n) is 4.49. The van der Waals surface area contributed by atoms with Gasteiger partial charge >= 0.3 is 0 Å². The van der Waals surface area contributed by atoms with Gasteiger partial charge in [0.2, 0.25) is 0 Å². The van der Waals surface area contributed by atoms with Crippen LogP contribution in [0.4, 0.5) is 0 Å². The zero-order chi connectivity index (χ0) is 17.8. The van der Waals surface area contributed by atoms with Crippen LogP contribution >= 0.6 is 0 Å². The van der Waals surface area contributed by atoms with Crippen molar-refractivity contribution in [2.45, 2.75) is 31.4 Å². The number of carbonyl (C=O) groups is 1. The van der Waals surface area contributed by atoms with Gasteiger partial charge < -0.3 is 19.9 Å². The minimum absolute atomic E-state index is 0.139. The second-order valence-electron chi connectivity index (χ2n) is 6.86. The smallest absolute Gasteiger partial charge is 0.262 e. The van der Waals surface area contributed by atoms with Gasteiger partial charge in [-0.05, 0) is 24.6 Å². The first-order valence-corrected chi connectivity index (χ1v) is 8.56. The Hall–Kier alpha value is -2.28. The van der Waals surface area contributed by atoms with Gasteiger partial charge in [-0.2, -0.15) is 0 Å². The van der Waals surface area contributed by atoms with Crippen molar-refractivity contribution in [3.63, 3.8) is 0 Å². The van der Waals surface area contributed by atoms with Gasteiger partial charge in [0, 0.05) is 19.0 Å². The molecule has 1 saturated heterocycles. The number of aliphatic imine (C=N–C) groups is 1. The molecule has 134 valence electrons. The van der Waals surface area contributed by atoms with E-state index in [0.717, 1.165) is 0 Å². The number of ether oxygens (including phenoxy) is 3. The number of likely N-dealkylation sites (N-methyl/N-ethyl adjacent to an activating group) is 1. The lowest BCUT2D eigenvalue weighted by molar-refractivity contribution is -0.165. The molecule has 1 aromatic rings. The Morgan fingerprint density at radius 1 is 1.48 bits per heavy atom. The van der Waals surface area contributed by atoms with Crippen LogP contribution in [0.25, 0.3) is 0 Å². The second-order valence-corrected chi connectivity index (χ2v) is 6.86. The van der Waals surface area contributed by atoms with Gasteiger partial charge in [-0.3, -0.25) is 9.69 Å². The van der Waals surface area contributed by atoms with Crippen molar-refractivity contribution in [1.29, 1.82) is 0 Å². The van der Waals surface area contributed by atoms with Gasteiger partial charge in [0.25, 0.3) is 5.91 Å². The molecule has 7 nitrogen and oxygen atoms in total. The number of fused-ring (bicyclic) bond motifs is 4. The lowest BCUT2D eigenvalue weighted by Gasteiger charge is -2.54. The lowest BCUT2D eigenvalue weighted by Crippen LogP contribution is -2.64. The molecule has 0 aromatic heterocycles. The first kappa shape index (κ1) is 16.2. The van der Waals surface area contributed by atoms with Gasteiger partial charge in [-0.15, -0.1) is 0 Å². The summed E-state index contributed by atoms with van der Waals surface area (Å²) < 4.78 is 17.5. The zero-order valence-corrected chi connectivity index (χ0v) is 14.7. The number of hydrogen-bond acceptors (Lipinski definition) is 6. The average Bonchev–Trinajstić information content (AvgIpc) is 2.87. The highest BCUT2D eigenvalue weighted by atomic mass is 16.5. The summed E-state index contributed by atoms with van der Waals surface area (Å²) in [4.78, 5) is 19.6. The molecule has 0 bridgehead atoms. The van der Waals surface area contributed by atoms with E-state index in [-0.39, 0.29) is 18.0 Å². The van der Waals surface area contributed by atoms with Crippen LogP contribution in [0.3, 0.4) is 0 Å². The standard InChI is InChI=1S/C18H23N3O4/c1-4-17-10-24-8-7-14(17)25-13-6-5-11(23-3)9-12(13)18(17)15(22)21(2)16(19)20-18/h5-6,9,14H,4,7-8,10H2,1-3H3,(H2,19,20)/t14-,17-,18?/m0/s1. The number of carbonyl (C=O) groups excluding carboxylic acids is 1. The number of nitrogens with two attached hydrogens (primary N) is 1. The van der Waals surface area contributed by atoms with E-state index < -0.39 is 11.0 Å². The maximum atomic E-state index is 13.5. The molecular formula is C18H23N3O4. The number of nitrogens with zero attached hydrogens (tertiary/aromatic N) is 2. The molecule has 0 saturated carbocycles. The van der Waals surface area contributed by atoms with Crippen molar-refractivity contribution in [3.8, 4) is 11.5 Å². The van der Waals surface area contributed by atoms with E-state index in [1.165, 1.54) is 4.90 Å². The van der Waals surface area contributed by atoms with Crippen LogP contribution in [0, 0.1) is 5.41 Å². The van der Waals surface area contributed by atoms with Gasteiger partial charge in [-0.25, -0.2) is 4.99 Å². The number of methoxy groups -OCH3 is 1. The van der Waals surface area contributed by atoms with Crippen LogP contribution < -0.4 is 15.2 Å². The molecule has 3 atom stereocenters. The Morgan fingerprint density at radius 3 is 2.92 bits per heavy atom. The predicted octanol–water partition coefficient (Wildman–Crippen LogP) is 1.25. The molecule has 3 aliphatic rings. The van der Waals surface area contributed by atoms with Crippen LogP contribution in [-0.4, -0.2) is 50.2 Å². The van der Waals surface area contributed by atoms with Crippen LogP contribution in [0.15, 0.2) is 23.2 Å². The Kier molecular flexibility index (Phi) is 3.47. The van der Waals surface area contributed by atoms with Crippen molar-refractivity contribution in [2.75, 3.05) is 27.4 Å². The lowest BCUT2D eigenvalue weighted by atomic mass is 9.58. The van der Waals surface area contributed by atoms with Crippen LogP contribution in [0.1, 0.15) is 25.3 Å². The van der Waals surface area contributed by atoms with E-state index in [0.29, 0.717) is 43.1 Å². The van der Waals surface area contributed by atoms with Crippen LogP contribution in [0.2, 0.25) is 0 Å². The molecule has 2 N–H and O–H groups in total. The SMILES string of the molecule is CC[C@]12COCC[C@@H]1Oc1ccc(OC)cc1C21N=C(N)N(C)C1=O. The molecule has 3 heterocycles. The van der Waals surface area contributed by atoms with Crippen molar-refractivity contribution >= 4 is 11.9 Å². The summed E-state index contributed by atoms with van der Waals surface area (Å²) in [5.41, 5.74) is 5.04. The maximum Gasteiger partial charge on any atom is 0.262 e. The summed E-state index contributed by atoms with van der Waals surface area (Å²) in [6.07, 6.45) is 1.25. The normalized spacial score (nSPS) is 33.6. The molecule has 1 aromatic carbocycles. The Labute approximate surface area is 146 Å². The summed E-state index contributed by atoms with van der Waals surface area (Å²) in [6, 6.07) is 5.52. The third-order valence-corrected chi connectivity index (χ3v) is 5.94. The monoisotopic (exact) mass is 345 g/mol. The van der Waals surface area contributed by atoms with Crippen molar-refractivity contribution in [1.82, 2.24) is 4.90 Å².